The summed E-state index contributed by atoms with van der Waals surface area (Å²) in [5.41, 5.74) is 1.09. The van der Waals surface area contributed by atoms with Crippen molar-refractivity contribution < 1.29 is 19.1 Å². The molecule has 0 aliphatic heterocycles. The maximum absolute atomic E-state index is 13.3. The van der Waals surface area contributed by atoms with E-state index in [1.807, 2.05) is 30.3 Å². The first kappa shape index (κ1) is 24.9. The SMILES string of the molecule is CCOC(=O)/C=C/C(CC(=O)C(Cc1ccccc1)NC(=O)c1cnccn1)CC(C)C. The molecule has 1 amide bonds. The van der Waals surface area contributed by atoms with Crippen LogP contribution >= 0.6 is 0 Å². The van der Waals surface area contributed by atoms with Gasteiger partial charge in [-0.15, -0.1) is 0 Å². The Kier molecular flexibility index (Phi) is 10.2. The number of Topliss-reactive ketones (excluding diaryl/α,β-unsaturated/α-hetero) is 1. The number of aromatic nitrogens is 2. The van der Waals surface area contributed by atoms with Crippen molar-refractivity contribution in [3.8, 4) is 0 Å². The number of hydrogen-bond acceptors (Lipinski definition) is 6. The van der Waals surface area contributed by atoms with Crippen LogP contribution in [-0.4, -0.2) is 40.3 Å². The molecule has 0 radical (unpaired) electrons. The molecule has 2 atom stereocenters. The zero-order valence-corrected chi connectivity index (χ0v) is 18.9. The zero-order valence-electron chi connectivity index (χ0n) is 18.9. The third-order valence-corrected chi connectivity index (χ3v) is 4.80. The molecule has 7 nitrogen and oxygen atoms in total. The minimum Gasteiger partial charge on any atom is -0.463 e. The van der Waals surface area contributed by atoms with Gasteiger partial charge in [0.1, 0.15) is 5.69 Å². The largest absolute Gasteiger partial charge is 0.463 e. The van der Waals surface area contributed by atoms with E-state index >= 15 is 0 Å². The smallest absolute Gasteiger partial charge is 0.330 e. The molecule has 32 heavy (non-hydrogen) atoms. The van der Waals surface area contributed by atoms with Crippen molar-refractivity contribution >= 4 is 17.7 Å². The van der Waals surface area contributed by atoms with Gasteiger partial charge in [-0.05, 0) is 37.2 Å². The molecule has 0 fully saturated rings. The third kappa shape index (κ3) is 8.79. The Hall–Kier alpha value is -3.35. The Morgan fingerprint density at radius 1 is 1.12 bits per heavy atom. The number of ether oxygens (including phenoxy) is 1. The number of hydrogen-bond donors (Lipinski definition) is 1. The molecule has 7 heteroatoms. The van der Waals surface area contributed by atoms with E-state index in [-0.39, 0.29) is 23.8 Å². The molecule has 0 aliphatic rings. The lowest BCUT2D eigenvalue weighted by Crippen LogP contribution is -2.43. The van der Waals surface area contributed by atoms with Gasteiger partial charge in [0.15, 0.2) is 5.78 Å². The van der Waals surface area contributed by atoms with Crippen LogP contribution in [0.5, 0.6) is 0 Å². The molecular formula is C25H31N3O4. The summed E-state index contributed by atoms with van der Waals surface area (Å²) in [6, 6.07) is 8.80. The predicted octanol–water partition coefficient (Wildman–Crippen LogP) is 3.56. The van der Waals surface area contributed by atoms with Crippen molar-refractivity contribution in [3.63, 3.8) is 0 Å². The summed E-state index contributed by atoms with van der Waals surface area (Å²) in [6.07, 6.45) is 8.69. The first-order chi connectivity index (χ1) is 15.4. The van der Waals surface area contributed by atoms with Crippen LogP contribution in [-0.2, 0) is 20.7 Å². The van der Waals surface area contributed by atoms with E-state index in [4.69, 9.17) is 4.74 Å². The summed E-state index contributed by atoms with van der Waals surface area (Å²) in [6.45, 7) is 6.17. The minimum absolute atomic E-state index is 0.106. The van der Waals surface area contributed by atoms with Gasteiger partial charge in [-0.2, -0.15) is 0 Å². The van der Waals surface area contributed by atoms with Gasteiger partial charge in [-0.3, -0.25) is 14.6 Å². The monoisotopic (exact) mass is 437 g/mol. The highest BCUT2D eigenvalue weighted by Crippen LogP contribution is 2.19. The predicted molar refractivity (Wildman–Crippen MR) is 122 cm³/mol. The average Bonchev–Trinajstić information content (AvgIpc) is 2.78. The lowest BCUT2D eigenvalue weighted by Gasteiger charge is -2.21. The van der Waals surface area contributed by atoms with Gasteiger partial charge >= 0.3 is 5.97 Å². The maximum atomic E-state index is 13.3. The van der Waals surface area contributed by atoms with Crippen LogP contribution in [0.3, 0.4) is 0 Å². The van der Waals surface area contributed by atoms with Crippen LogP contribution in [0.1, 0.15) is 49.7 Å². The second kappa shape index (κ2) is 13.1. The zero-order chi connectivity index (χ0) is 23.3. The second-order valence-corrected chi connectivity index (χ2v) is 7.98. The molecule has 0 bridgehead atoms. The first-order valence-electron chi connectivity index (χ1n) is 10.9. The number of nitrogens with one attached hydrogen (secondary N) is 1. The molecular weight excluding hydrogens is 406 g/mol. The number of carbonyl (C=O) groups excluding carboxylic acids is 3. The van der Waals surface area contributed by atoms with Crippen LogP contribution in [0.25, 0.3) is 0 Å². The van der Waals surface area contributed by atoms with E-state index in [0.29, 0.717) is 18.9 Å². The fraction of sp³-hybridized carbons (Fsp3) is 0.400. The van der Waals surface area contributed by atoms with Crippen LogP contribution in [0, 0.1) is 11.8 Å². The van der Waals surface area contributed by atoms with Crippen molar-refractivity contribution in [2.45, 2.75) is 46.1 Å². The van der Waals surface area contributed by atoms with E-state index in [2.05, 4.69) is 29.1 Å². The van der Waals surface area contributed by atoms with E-state index in [1.54, 1.807) is 13.0 Å². The Morgan fingerprint density at radius 2 is 1.88 bits per heavy atom. The maximum Gasteiger partial charge on any atom is 0.330 e. The average molecular weight is 438 g/mol. The number of allylic oxidation sites excluding steroid dienone is 1. The van der Waals surface area contributed by atoms with Crippen molar-refractivity contribution in [1.82, 2.24) is 15.3 Å². The Labute approximate surface area is 189 Å². The van der Waals surface area contributed by atoms with Gasteiger partial charge in [-0.25, -0.2) is 9.78 Å². The number of rotatable bonds is 12. The van der Waals surface area contributed by atoms with Gasteiger partial charge in [0.2, 0.25) is 0 Å². The van der Waals surface area contributed by atoms with Crippen LogP contribution in [0.4, 0.5) is 0 Å². The Balaban J connectivity index is 2.18. The molecule has 2 rings (SSSR count). The standard InChI is InChI=1S/C25H31N3O4/c1-4-32-24(30)11-10-20(14-18(2)3)16-23(29)21(15-19-8-6-5-7-9-19)28-25(31)22-17-26-12-13-27-22/h5-13,17-18,20-21H,4,14-16H2,1-3H3,(H,28,31)/b11-10+. The van der Waals surface area contributed by atoms with Gasteiger partial charge in [0.25, 0.3) is 5.91 Å². The van der Waals surface area contributed by atoms with Crippen molar-refractivity contribution in [3.05, 3.63) is 72.3 Å². The summed E-state index contributed by atoms with van der Waals surface area (Å²) in [4.78, 5) is 45.6. The van der Waals surface area contributed by atoms with E-state index in [0.717, 1.165) is 12.0 Å². The summed E-state index contributed by atoms with van der Waals surface area (Å²) in [5, 5.41) is 2.82. The molecule has 2 aromatic rings. The molecule has 1 N–H and O–H groups in total. The van der Waals surface area contributed by atoms with Crippen molar-refractivity contribution in [2.24, 2.45) is 11.8 Å². The molecule has 1 aromatic heterocycles. The number of carbonyl (C=O) groups is 3. The highest BCUT2D eigenvalue weighted by Gasteiger charge is 2.25. The summed E-state index contributed by atoms with van der Waals surface area (Å²) in [7, 11) is 0. The van der Waals surface area contributed by atoms with Crippen LogP contribution in [0.2, 0.25) is 0 Å². The molecule has 1 heterocycles. The fourth-order valence-corrected chi connectivity index (χ4v) is 3.38. The summed E-state index contributed by atoms with van der Waals surface area (Å²) < 4.78 is 4.95. The highest BCUT2D eigenvalue weighted by molar-refractivity contribution is 5.96. The lowest BCUT2D eigenvalue weighted by molar-refractivity contribution is -0.137. The number of ketones is 1. The number of nitrogens with zero attached hydrogens (tertiary/aromatic N) is 2. The van der Waals surface area contributed by atoms with Crippen molar-refractivity contribution in [1.29, 1.82) is 0 Å². The number of amides is 1. The third-order valence-electron chi connectivity index (χ3n) is 4.80. The molecule has 0 spiro atoms. The Bertz CT molecular complexity index is 898. The molecule has 1 aromatic carbocycles. The van der Waals surface area contributed by atoms with Gasteiger partial charge < -0.3 is 10.1 Å². The molecule has 0 aliphatic carbocycles. The molecule has 2 unspecified atom stereocenters. The second-order valence-electron chi connectivity index (χ2n) is 7.98. The van der Waals surface area contributed by atoms with Gasteiger partial charge in [0, 0.05) is 24.9 Å². The quantitative estimate of drug-likeness (QED) is 0.403. The first-order valence-corrected chi connectivity index (χ1v) is 10.9. The fourth-order valence-electron chi connectivity index (χ4n) is 3.38. The summed E-state index contributed by atoms with van der Waals surface area (Å²) in [5.74, 6) is -0.786. The van der Waals surface area contributed by atoms with E-state index < -0.39 is 17.9 Å². The van der Waals surface area contributed by atoms with E-state index in [9.17, 15) is 14.4 Å². The molecule has 0 saturated heterocycles. The molecule has 0 saturated carbocycles. The highest BCUT2D eigenvalue weighted by atomic mass is 16.5. The minimum atomic E-state index is -0.724. The van der Waals surface area contributed by atoms with Crippen LogP contribution in [0.15, 0.2) is 61.1 Å². The number of benzene rings is 1. The van der Waals surface area contributed by atoms with E-state index in [1.165, 1.54) is 24.7 Å². The van der Waals surface area contributed by atoms with Crippen molar-refractivity contribution in [2.75, 3.05) is 6.61 Å². The summed E-state index contributed by atoms with van der Waals surface area (Å²) >= 11 is 0. The topological polar surface area (TPSA) is 98.2 Å². The lowest BCUT2D eigenvalue weighted by atomic mass is 9.88. The van der Waals surface area contributed by atoms with Gasteiger partial charge in [-0.1, -0.05) is 50.3 Å². The number of esters is 1. The normalized spacial score (nSPS) is 13.0. The van der Waals surface area contributed by atoms with Gasteiger partial charge in [0.05, 0.1) is 18.8 Å². The molecule has 170 valence electrons. The Morgan fingerprint density at radius 3 is 2.50 bits per heavy atom. The van der Waals surface area contributed by atoms with Crippen LogP contribution < -0.4 is 5.32 Å².